The van der Waals surface area contributed by atoms with Crippen LogP contribution in [0.3, 0.4) is 0 Å². The predicted molar refractivity (Wildman–Crippen MR) is 60.8 cm³/mol. The molecule has 0 amide bonds. The molecule has 0 rings (SSSR count). The van der Waals surface area contributed by atoms with Crippen LogP contribution in [-0.2, 0) is 0 Å². The van der Waals surface area contributed by atoms with Crippen molar-refractivity contribution in [2.75, 3.05) is 0 Å². The molecule has 0 aromatic heterocycles. The number of hydrogen-bond acceptors (Lipinski definition) is 1. The second-order valence-electron chi connectivity index (χ2n) is 5.37. The number of unbranched alkanes of at least 4 members (excludes halogenated alkanes) is 3. The first kappa shape index (κ1) is 13.0. The Kier molecular flexibility index (Phi) is 6.40. The monoisotopic (exact) mass is 185 g/mol. The molecule has 1 unspecified atom stereocenters. The van der Waals surface area contributed by atoms with Crippen molar-refractivity contribution < 1.29 is 0 Å². The van der Waals surface area contributed by atoms with Crippen molar-refractivity contribution in [2.24, 2.45) is 11.1 Å². The molecule has 1 atom stereocenters. The first-order chi connectivity index (χ1) is 5.95. The maximum Gasteiger partial charge on any atom is 0.00438 e. The highest BCUT2D eigenvalue weighted by Gasteiger charge is 2.14. The number of nitrogens with two attached hydrogens (primary N) is 1. The van der Waals surface area contributed by atoms with Gasteiger partial charge in [-0.2, -0.15) is 0 Å². The summed E-state index contributed by atoms with van der Waals surface area (Å²) in [7, 11) is 0. The van der Waals surface area contributed by atoms with Gasteiger partial charge in [0.2, 0.25) is 0 Å². The lowest BCUT2D eigenvalue weighted by Gasteiger charge is -2.22. The Morgan fingerprint density at radius 3 is 2.15 bits per heavy atom. The van der Waals surface area contributed by atoms with Gasteiger partial charge in [0.05, 0.1) is 0 Å². The van der Waals surface area contributed by atoms with E-state index >= 15 is 0 Å². The van der Waals surface area contributed by atoms with Crippen molar-refractivity contribution in [2.45, 2.75) is 72.3 Å². The lowest BCUT2D eigenvalue weighted by molar-refractivity contribution is 0.326. The normalized spacial score (nSPS) is 14.5. The van der Waals surface area contributed by atoms with Crippen LogP contribution in [0.15, 0.2) is 0 Å². The van der Waals surface area contributed by atoms with Gasteiger partial charge in [0, 0.05) is 6.04 Å². The Morgan fingerprint density at radius 2 is 1.69 bits per heavy atom. The highest BCUT2D eigenvalue weighted by atomic mass is 14.6. The topological polar surface area (TPSA) is 26.0 Å². The van der Waals surface area contributed by atoms with Crippen molar-refractivity contribution >= 4 is 0 Å². The lowest BCUT2D eigenvalue weighted by Crippen LogP contribution is -2.26. The van der Waals surface area contributed by atoms with Crippen LogP contribution in [0.5, 0.6) is 0 Å². The van der Waals surface area contributed by atoms with Crippen LogP contribution in [0.4, 0.5) is 0 Å². The molecule has 0 saturated heterocycles. The first-order valence-electron chi connectivity index (χ1n) is 5.71. The van der Waals surface area contributed by atoms with E-state index in [0.29, 0.717) is 11.5 Å². The zero-order chi connectivity index (χ0) is 10.3. The van der Waals surface area contributed by atoms with Crippen LogP contribution in [-0.4, -0.2) is 6.04 Å². The molecule has 80 valence electrons. The van der Waals surface area contributed by atoms with Crippen LogP contribution >= 0.6 is 0 Å². The van der Waals surface area contributed by atoms with Crippen molar-refractivity contribution in [3.05, 3.63) is 0 Å². The minimum Gasteiger partial charge on any atom is -0.328 e. The molecule has 0 fully saturated rings. The first-order valence-corrected chi connectivity index (χ1v) is 5.71. The van der Waals surface area contributed by atoms with Gasteiger partial charge < -0.3 is 5.73 Å². The third-order valence-corrected chi connectivity index (χ3v) is 2.30. The summed E-state index contributed by atoms with van der Waals surface area (Å²) >= 11 is 0. The van der Waals surface area contributed by atoms with E-state index in [1.54, 1.807) is 0 Å². The average Bonchev–Trinajstić information content (AvgIpc) is 1.94. The standard InChI is InChI=1S/C12H27N/c1-5-6-7-8-9-11(13)10-12(2,3)4/h11H,5-10,13H2,1-4H3. The van der Waals surface area contributed by atoms with E-state index in [-0.39, 0.29) is 0 Å². The summed E-state index contributed by atoms with van der Waals surface area (Å²) in [6.07, 6.45) is 7.70. The molecule has 13 heavy (non-hydrogen) atoms. The summed E-state index contributed by atoms with van der Waals surface area (Å²) < 4.78 is 0. The van der Waals surface area contributed by atoms with E-state index in [0.717, 1.165) is 6.42 Å². The molecule has 0 aliphatic heterocycles. The van der Waals surface area contributed by atoms with Gasteiger partial charge in [-0.1, -0.05) is 53.4 Å². The largest absolute Gasteiger partial charge is 0.328 e. The Hall–Kier alpha value is -0.0400. The van der Waals surface area contributed by atoms with Crippen LogP contribution in [0.25, 0.3) is 0 Å². The van der Waals surface area contributed by atoms with Crippen LogP contribution in [0.1, 0.15) is 66.2 Å². The minimum absolute atomic E-state index is 0.393. The van der Waals surface area contributed by atoms with Gasteiger partial charge in [-0.05, 0) is 18.3 Å². The Balaban J connectivity index is 3.35. The highest BCUT2D eigenvalue weighted by molar-refractivity contribution is 4.71. The van der Waals surface area contributed by atoms with E-state index in [4.69, 9.17) is 5.73 Å². The molecule has 0 aromatic carbocycles. The average molecular weight is 185 g/mol. The summed E-state index contributed by atoms with van der Waals surface area (Å²) in [6, 6.07) is 0.414. The van der Waals surface area contributed by atoms with Crippen molar-refractivity contribution in [3.8, 4) is 0 Å². The summed E-state index contributed by atoms with van der Waals surface area (Å²) in [5.74, 6) is 0. The third kappa shape index (κ3) is 9.88. The molecule has 2 N–H and O–H groups in total. The second kappa shape index (κ2) is 6.42. The fraction of sp³-hybridized carbons (Fsp3) is 1.00. The molecule has 0 spiro atoms. The van der Waals surface area contributed by atoms with E-state index in [1.807, 2.05) is 0 Å². The molecule has 0 aromatic rings. The minimum atomic E-state index is 0.393. The molecular weight excluding hydrogens is 158 g/mol. The second-order valence-corrected chi connectivity index (χ2v) is 5.37. The highest BCUT2D eigenvalue weighted by Crippen LogP contribution is 2.22. The molecular formula is C12H27N. The summed E-state index contributed by atoms with van der Waals surface area (Å²) in [5.41, 5.74) is 6.44. The molecule has 0 radical (unpaired) electrons. The van der Waals surface area contributed by atoms with E-state index in [9.17, 15) is 0 Å². The third-order valence-electron chi connectivity index (χ3n) is 2.30. The van der Waals surface area contributed by atoms with E-state index < -0.39 is 0 Å². The van der Waals surface area contributed by atoms with Gasteiger partial charge in [0.1, 0.15) is 0 Å². The predicted octanol–water partition coefficient (Wildman–Crippen LogP) is 3.72. The molecule has 0 aliphatic carbocycles. The maximum atomic E-state index is 6.04. The van der Waals surface area contributed by atoms with E-state index in [1.165, 1.54) is 32.1 Å². The maximum absolute atomic E-state index is 6.04. The van der Waals surface area contributed by atoms with E-state index in [2.05, 4.69) is 27.7 Å². The molecule has 0 bridgehead atoms. The van der Waals surface area contributed by atoms with Crippen LogP contribution in [0.2, 0.25) is 0 Å². The van der Waals surface area contributed by atoms with Gasteiger partial charge in [0.25, 0.3) is 0 Å². The fourth-order valence-electron chi connectivity index (χ4n) is 1.72. The molecule has 1 nitrogen and oxygen atoms in total. The van der Waals surface area contributed by atoms with Crippen molar-refractivity contribution in [1.82, 2.24) is 0 Å². The molecule has 1 heteroatoms. The summed E-state index contributed by atoms with van der Waals surface area (Å²) in [5, 5.41) is 0. The molecule has 0 aliphatic rings. The molecule has 0 heterocycles. The fourth-order valence-corrected chi connectivity index (χ4v) is 1.72. The quantitative estimate of drug-likeness (QED) is 0.627. The van der Waals surface area contributed by atoms with Gasteiger partial charge in [-0.15, -0.1) is 0 Å². The summed E-state index contributed by atoms with van der Waals surface area (Å²) in [4.78, 5) is 0. The van der Waals surface area contributed by atoms with Gasteiger partial charge in [0.15, 0.2) is 0 Å². The number of rotatable bonds is 6. The lowest BCUT2D eigenvalue weighted by atomic mass is 9.87. The van der Waals surface area contributed by atoms with Gasteiger partial charge in [-0.3, -0.25) is 0 Å². The Morgan fingerprint density at radius 1 is 1.08 bits per heavy atom. The number of hydrogen-bond donors (Lipinski definition) is 1. The zero-order valence-corrected chi connectivity index (χ0v) is 9.90. The van der Waals surface area contributed by atoms with Gasteiger partial charge in [-0.25, -0.2) is 0 Å². The smallest absolute Gasteiger partial charge is 0.00438 e. The van der Waals surface area contributed by atoms with Gasteiger partial charge >= 0.3 is 0 Å². The van der Waals surface area contributed by atoms with Crippen LogP contribution < -0.4 is 5.73 Å². The SMILES string of the molecule is CCCCCCC(N)CC(C)(C)C. The zero-order valence-electron chi connectivity index (χ0n) is 9.90. The van der Waals surface area contributed by atoms with Crippen molar-refractivity contribution in [1.29, 1.82) is 0 Å². The Bertz CT molecular complexity index is 113. The van der Waals surface area contributed by atoms with Crippen molar-refractivity contribution in [3.63, 3.8) is 0 Å². The summed E-state index contributed by atoms with van der Waals surface area (Å²) in [6.45, 7) is 9.03. The Labute approximate surface area is 84.1 Å². The molecule has 0 saturated carbocycles. The van der Waals surface area contributed by atoms with Crippen LogP contribution in [0, 0.1) is 5.41 Å².